The topological polar surface area (TPSA) is 180 Å². The van der Waals surface area contributed by atoms with Crippen molar-refractivity contribution < 1.29 is 52.8 Å². The molecule has 0 rings (SSSR count). The third-order valence-corrected chi connectivity index (χ3v) is 23.2. The van der Waals surface area contributed by atoms with Gasteiger partial charge in [0.25, 0.3) is 0 Å². The van der Waals surface area contributed by atoms with Gasteiger partial charge in [-0.05, 0) is 128 Å². The molecule has 17 heteroatoms. The molecule has 0 aliphatic heterocycles. The number of hydrogen-bond acceptors (Lipinski definition) is 16. The van der Waals surface area contributed by atoms with Gasteiger partial charge in [0.2, 0.25) is 0 Å². The number of amides is 1. The Bertz CT molecular complexity index is 1980. The number of esters is 4. The Morgan fingerprint density at radius 1 is 0.250 bits per heavy atom. The third kappa shape index (κ3) is 87.3. The number of aliphatic hydroxyl groups is 1. The third-order valence-electron chi connectivity index (χ3n) is 23.2. The molecular weight excluding hydrogens is 1450 g/mol. The maximum atomic E-state index is 13.4. The molecule has 0 bridgehead atoms. The molecule has 17 nitrogen and oxygen atoms in total. The molecule has 116 heavy (non-hydrogen) atoms. The van der Waals surface area contributed by atoms with Gasteiger partial charge < -0.3 is 48.8 Å². The van der Waals surface area contributed by atoms with Crippen molar-refractivity contribution in [2.75, 3.05) is 144 Å². The van der Waals surface area contributed by atoms with Gasteiger partial charge in [0.1, 0.15) is 19.8 Å². The number of carbonyl (C=O) groups excluding carboxylic acids is 5. The van der Waals surface area contributed by atoms with Gasteiger partial charge in [-0.1, -0.05) is 353 Å². The van der Waals surface area contributed by atoms with Crippen molar-refractivity contribution in [3.8, 4) is 0 Å². The summed E-state index contributed by atoms with van der Waals surface area (Å²) < 4.78 is 28.3. The van der Waals surface area contributed by atoms with Gasteiger partial charge in [0.15, 0.2) is 0 Å². The number of nitrogens with one attached hydrogen (secondary N) is 1. The highest BCUT2D eigenvalue weighted by Crippen LogP contribution is 2.23. The van der Waals surface area contributed by atoms with Crippen LogP contribution >= 0.6 is 0 Å². The minimum absolute atomic E-state index is 0.0181. The van der Waals surface area contributed by atoms with Crippen LogP contribution in [0.25, 0.3) is 0 Å². The van der Waals surface area contributed by atoms with Crippen LogP contribution in [0.3, 0.4) is 0 Å². The first-order valence-corrected chi connectivity index (χ1v) is 50.5. The zero-order valence-corrected chi connectivity index (χ0v) is 79.5. The predicted molar refractivity (Wildman–Crippen MR) is 495 cm³/mol. The fourth-order valence-electron chi connectivity index (χ4n) is 14.9. The summed E-state index contributed by atoms with van der Waals surface area (Å²) >= 11 is 0. The van der Waals surface area contributed by atoms with E-state index in [0.29, 0.717) is 96.7 Å². The average Bonchev–Trinajstić information content (AvgIpc) is 0.936. The molecule has 0 heterocycles. The molecule has 0 unspecified atom stereocenters. The molecule has 0 aromatic heterocycles. The van der Waals surface area contributed by atoms with Crippen LogP contribution in [-0.2, 0) is 42.9 Å². The molecule has 0 saturated heterocycles. The molecule has 0 fully saturated rings. The zero-order valence-electron chi connectivity index (χ0n) is 79.5. The van der Waals surface area contributed by atoms with Crippen LogP contribution in [-0.4, -0.2) is 204 Å². The first kappa shape index (κ1) is 117. The molecule has 0 radical (unpaired) electrons. The van der Waals surface area contributed by atoms with Gasteiger partial charge in [0.05, 0.1) is 19.8 Å². The summed E-state index contributed by atoms with van der Waals surface area (Å²) in [6.07, 6.45) is 67.6. The van der Waals surface area contributed by atoms with E-state index in [0.717, 1.165) is 155 Å². The quantitative estimate of drug-likeness (QED) is 0.0333. The van der Waals surface area contributed by atoms with E-state index in [1.807, 2.05) is 4.90 Å². The molecular formula is C99H200N6O11. The number of rotatable bonds is 89. The van der Waals surface area contributed by atoms with E-state index < -0.39 is 0 Å². The smallest absolute Gasteiger partial charge is 0.409 e. The van der Waals surface area contributed by atoms with Crippen molar-refractivity contribution in [2.24, 2.45) is 11.8 Å². The zero-order chi connectivity index (χ0) is 85.7. The van der Waals surface area contributed by atoms with Crippen molar-refractivity contribution in [3.63, 3.8) is 0 Å². The molecule has 692 valence electrons. The van der Waals surface area contributed by atoms with Crippen LogP contribution in [0.4, 0.5) is 4.79 Å². The lowest BCUT2D eigenvalue weighted by atomic mass is 9.95. The lowest BCUT2D eigenvalue weighted by molar-refractivity contribution is -0.146. The first-order valence-electron chi connectivity index (χ1n) is 50.5. The van der Waals surface area contributed by atoms with E-state index in [1.54, 1.807) is 0 Å². The van der Waals surface area contributed by atoms with E-state index in [9.17, 15) is 24.0 Å². The number of likely N-dealkylation sites (N-methyl/N-ethyl adjacent to an activating group) is 2. The van der Waals surface area contributed by atoms with E-state index in [-0.39, 0.29) is 36.6 Å². The molecule has 0 aromatic rings. The van der Waals surface area contributed by atoms with E-state index >= 15 is 0 Å². The summed E-state index contributed by atoms with van der Waals surface area (Å²) in [5, 5.41) is 12.7. The second-order valence-corrected chi connectivity index (χ2v) is 33.9. The van der Waals surface area contributed by atoms with E-state index in [4.69, 9.17) is 28.8 Å². The van der Waals surface area contributed by atoms with E-state index in [2.05, 4.69) is 108 Å². The van der Waals surface area contributed by atoms with Crippen LogP contribution in [0.1, 0.15) is 455 Å². The van der Waals surface area contributed by atoms with Gasteiger partial charge in [-0.3, -0.25) is 29.0 Å². The van der Waals surface area contributed by atoms with Crippen LogP contribution in [0.5, 0.6) is 0 Å². The normalized spacial score (nSPS) is 11.5. The van der Waals surface area contributed by atoms with Crippen LogP contribution in [0.15, 0.2) is 0 Å². The Labute approximate surface area is 720 Å². The second kappa shape index (κ2) is 97.4. The number of ether oxygens (including phenoxy) is 5. The number of hydrogen-bond donors (Lipinski definition) is 2. The summed E-state index contributed by atoms with van der Waals surface area (Å²) in [5.41, 5.74) is 0. The predicted octanol–water partition coefficient (Wildman–Crippen LogP) is 25.5. The summed E-state index contributed by atoms with van der Waals surface area (Å²) in [5.74, 6) is 0.919. The SMILES string of the molecule is CCCCCCCC(=O)OCCN(CCO)CCN(CC)CC.CCCCCCCC(=O)OCCN(CCOC(=O)N(CCCCCCC)CCCCCCCCCC(=O)OCC(CCCCCC)CCCCCC)CCN(CC)CC.CCCCCCCNCCCCCCCCCC(=O)OCC(CCCCCC)CCCCCC. The minimum atomic E-state index is -0.204. The van der Waals surface area contributed by atoms with Gasteiger partial charge in [0, 0.05) is 91.1 Å². The Hall–Kier alpha value is -3.09. The number of nitrogens with zero attached hydrogens (tertiary/aromatic N) is 5. The molecule has 0 saturated carbocycles. The lowest BCUT2D eigenvalue weighted by Crippen LogP contribution is -2.40. The molecule has 0 atom stereocenters. The molecule has 1 amide bonds. The van der Waals surface area contributed by atoms with Gasteiger partial charge in [-0.2, -0.15) is 0 Å². The number of unbranched alkanes of at least 4 members (excludes halogenated alkanes) is 40. The van der Waals surface area contributed by atoms with Gasteiger partial charge in [-0.15, -0.1) is 0 Å². The highest BCUT2D eigenvalue weighted by Gasteiger charge is 2.19. The van der Waals surface area contributed by atoms with Crippen molar-refractivity contribution in [2.45, 2.75) is 455 Å². The number of aliphatic hydroxyl groups excluding tert-OH is 1. The maximum Gasteiger partial charge on any atom is 0.409 e. The van der Waals surface area contributed by atoms with Crippen LogP contribution in [0, 0.1) is 11.8 Å². The Morgan fingerprint density at radius 3 is 0.784 bits per heavy atom. The standard InChI is InChI=1S/C50H99N3O6.C31H63NO2.C18H38N2O3/c1-7-13-17-24-30-36-48(54)57-44-42-52(41-40-51(11-5)12-6)43-45-58-50(56)53(38-32-26-18-14-8-2)39-33-27-23-21-22-25-31-37-49(55)59-46-47(34-28-19-15-9-3)35-29-20-16-10-4;1-4-7-10-17-22-27-32-28-23-18-15-13-14-16-21-26-31(33)34-29-30(24-19-11-8-5-2)25-20-12-9-6-3;1-4-7-8-9-10-11-18(22)23-17-15-20(14-16-21)13-12-19(5-2)6-3/h47H,7-46H2,1-6H3;30,32H,4-29H2,1-3H3;21H,4-17H2,1-3H3. The summed E-state index contributed by atoms with van der Waals surface area (Å²) in [7, 11) is 0. The lowest BCUT2D eigenvalue weighted by Gasteiger charge is -2.27. The summed E-state index contributed by atoms with van der Waals surface area (Å²) in [4.78, 5) is 73.2. The fraction of sp³-hybridized carbons (Fsp3) is 0.949. The monoisotopic (exact) mass is 1650 g/mol. The van der Waals surface area contributed by atoms with Crippen molar-refractivity contribution in [1.29, 1.82) is 0 Å². The molecule has 0 aliphatic carbocycles. The highest BCUT2D eigenvalue weighted by molar-refractivity contribution is 5.70. The minimum Gasteiger partial charge on any atom is -0.465 e. The summed E-state index contributed by atoms with van der Waals surface area (Å²) in [6, 6.07) is 0. The first-order chi connectivity index (χ1) is 56.8. The highest BCUT2D eigenvalue weighted by atomic mass is 16.6. The fourth-order valence-corrected chi connectivity index (χ4v) is 14.9. The molecule has 0 aliphatic rings. The van der Waals surface area contributed by atoms with Crippen LogP contribution < -0.4 is 5.32 Å². The Kier molecular flexibility index (Phi) is 98.2. The maximum absolute atomic E-state index is 13.4. The number of carbonyl (C=O) groups is 5. The molecule has 0 aromatic carbocycles. The largest absolute Gasteiger partial charge is 0.465 e. The Balaban J connectivity index is -0.00000187. The molecule has 0 spiro atoms. The Morgan fingerprint density at radius 2 is 0.491 bits per heavy atom. The summed E-state index contributed by atoms with van der Waals surface area (Å²) in [6.45, 7) is 43.3. The second-order valence-electron chi connectivity index (χ2n) is 33.9. The van der Waals surface area contributed by atoms with Crippen molar-refractivity contribution in [1.82, 2.24) is 29.8 Å². The molecule has 2 N–H and O–H groups in total. The van der Waals surface area contributed by atoms with Gasteiger partial charge in [-0.25, -0.2) is 4.79 Å². The average molecular weight is 1650 g/mol. The van der Waals surface area contributed by atoms with Crippen molar-refractivity contribution in [3.05, 3.63) is 0 Å². The van der Waals surface area contributed by atoms with Gasteiger partial charge >= 0.3 is 30.0 Å². The van der Waals surface area contributed by atoms with Crippen molar-refractivity contribution >= 4 is 30.0 Å². The van der Waals surface area contributed by atoms with Crippen LogP contribution in [0.2, 0.25) is 0 Å². The van der Waals surface area contributed by atoms with E-state index in [1.165, 1.54) is 270 Å².